The summed E-state index contributed by atoms with van der Waals surface area (Å²) in [5.74, 6) is -0.902. The van der Waals surface area contributed by atoms with Crippen LogP contribution < -0.4 is 0 Å². The van der Waals surface area contributed by atoms with Gasteiger partial charge in [-0.3, -0.25) is 14.4 Å². The van der Waals surface area contributed by atoms with E-state index in [1.54, 1.807) is 0 Å². The molecule has 1 atom stereocenters. The summed E-state index contributed by atoms with van der Waals surface area (Å²) in [5.41, 5.74) is 0. The van der Waals surface area contributed by atoms with Gasteiger partial charge in [-0.25, -0.2) is 0 Å². The highest BCUT2D eigenvalue weighted by Gasteiger charge is 2.19. The molecule has 0 N–H and O–H groups in total. The molecule has 6 heteroatoms. The van der Waals surface area contributed by atoms with Gasteiger partial charge in [-0.1, -0.05) is 173 Å². The van der Waals surface area contributed by atoms with Crippen LogP contribution in [-0.2, 0) is 28.6 Å². The molecular formula is C48H86O6. The van der Waals surface area contributed by atoms with Gasteiger partial charge in [0.25, 0.3) is 0 Å². The molecule has 0 rings (SSSR count). The molecule has 0 aromatic heterocycles. The Hall–Kier alpha value is -2.37. The molecule has 0 saturated carbocycles. The van der Waals surface area contributed by atoms with Crippen molar-refractivity contribution < 1.29 is 28.6 Å². The summed E-state index contributed by atoms with van der Waals surface area (Å²) in [6.07, 6.45) is 48.5. The summed E-state index contributed by atoms with van der Waals surface area (Å²) < 4.78 is 16.6. The Morgan fingerprint density at radius 1 is 0.370 bits per heavy atom. The lowest BCUT2D eigenvalue weighted by atomic mass is 10.1. The Kier molecular flexibility index (Phi) is 41.5. The quantitative estimate of drug-likeness (QED) is 0.0267. The Balaban J connectivity index is 4.27. The first-order chi connectivity index (χ1) is 26.5. The van der Waals surface area contributed by atoms with Gasteiger partial charge in [-0.2, -0.15) is 0 Å². The fraction of sp³-hybridized carbons (Fsp3) is 0.812. The number of rotatable bonds is 41. The standard InChI is InChI=1S/C48H86O6/c1-4-7-10-13-16-18-20-22-23-24-25-27-28-30-32-35-38-41-47(50)53-44-45(43-52-46(49)40-37-34-15-12-9-6-3)54-48(51)42-39-36-33-31-29-26-21-19-17-14-11-8-5-2/h16,18-19,21-23,45H,4-15,17,20,24-44H2,1-3H3/b18-16-,21-19-,23-22-. The van der Waals surface area contributed by atoms with Crippen LogP contribution in [0.2, 0.25) is 0 Å². The molecule has 0 saturated heterocycles. The van der Waals surface area contributed by atoms with Gasteiger partial charge < -0.3 is 14.2 Å². The molecule has 0 aromatic rings. The Labute approximate surface area is 334 Å². The maximum Gasteiger partial charge on any atom is 0.306 e. The lowest BCUT2D eigenvalue weighted by molar-refractivity contribution is -0.167. The largest absolute Gasteiger partial charge is 0.462 e. The van der Waals surface area contributed by atoms with Gasteiger partial charge in [0.15, 0.2) is 6.10 Å². The maximum atomic E-state index is 12.7. The maximum absolute atomic E-state index is 12.7. The zero-order valence-electron chi connectivity index (χ0n) is 35.7. The Bertz CT molecular complexity index is 922. The zero-order valence-corrected chi connectivity index (χ0v) is 35.7. The van der Waals surface area contributed by atoms with Crippen molar-refractivity contribution in [1.29, 1.82) is 0 Å². The molecule has 0 heterocycles. The van der Waals surface area contributed by atoms with Crippen molar-refractivity contribution in [2.75, 3.05) is 13.2 Å². The third-order valence-corrected chi connectivity index (χ3v) is 9.87. The van der Waals surface area contributed by atoms with E-state index in [0.29, 0.717) is 19.3 Å². The number of hydrogen-bond acceptors (Lipinski definition) is 6. The number of hydrogen-bond donors (Lipinski definition) is 0. The fourth-order valence-electron chi connectivity index (χ4n) is 6.35. The van der Waals surface area contributed by atoms with Crippen LogP contribution in [0.15, 0.2) is 36.5 Å². The van der Waals surface area contributed by atoms with E-state index in [1.165, 1.54) is 109 Å². The van der Waals surface area contributed by atoms with Crippen LogP contribution in [-0.4, -0.2) is 37.2 Å². The smallest absolute Gasteiger partial charge is 0.306 e. The number of unbranched alkanes of at least 4 members (excludes halogenated alkanes) is 24. The summed E-state index contributed by atoms with van der Waals surface area (Å²) in [4.78, 5) is 37.5. The summed E-state index contributed by atoms with van der Waals surface area (Å²) in [5, 5.41) is 0. The van der Waals surface area contributed by atoms with Crippen LogP contribution in [0.1, 0.15) is 233 Å². The van der Waals surface area contributed by atoms with Crippen molar-refractivity contribution in [3.05, 3.63) is 36.5 Å². The molecule has 6 nitrogen and oxygen atoms in total. The van der Waals surface area contributed by atoms with Crippen LogP contribution >= 0.6 is 0 Å². The van der Waals surface area contributed by atoms with Crippen molar-refractivity contribution in [2.45, 2.75) is 239 Å². The number of carbonyl (C=O) groups is 3. The van der Waals surface area contributed by atoms with Crippen LogP contribution in [0.4, 0.5) is 0 Å². The van der Waals surface area contributed by atoms with Gasteiger partial charge >= 0.3 is 17.9 Å². The lowest BCUT2D eigenvalue weighted by Gasteiger charge is -2.18. The second-order valence-corrected chi connectivity index (χ2v) is 15.3. The SMILES string of the molecule is CCCCC/C=C\C/C=C\CCCCCCCCCC(=O)OCC(COC(=O)CCCCCCCC)OC(=O)CCCCCCC/C=C\CCCCCC. The minimum atomic E-state index is -0.773. The van der Waals surface area contributed by atoms with E-state index in [1.807, 2.05) is 0 Å². The minimum Gasteiger partial charge on any atom is -0.462 e. The lowest BCUT2D eigenvalue weighted by Crippen LogP contribution is -2.30. The second kappa shape index (κ2) is 43.4. The van der Waals surface area contributed by atoms with Gasteiger partial charge in [0.2, 0.25) is 0 Å². The zero-order chi connectivity index (χ0) is 39.4. The number of ether oxygens (including phenoxy) is 3. The molecule has 0 aromatic carbocycles. The molecule has 0 aliphatic heterocycles. The minimum absolute atomic E-state index is 0.0776. The molecule has 0 radical (unpaired) electrons. The van der Waals surface area contributed by atoms with Crippen LogP contribution in [0, 0.1) is 0 Å². The first-order valence-corrected chi connectivity index (χ1v) is 23.0. The average Bonchev–Trinajstić information content (AvgIpc) is 3.17. The van der Waals surface area contributed by atoms with Gasteiger partial charge in [0, 0.05) is 19.3 Å². The Morgan fingerprint density at radius 3 is 1.09 bits per heavy atom. The first kappa shape index (κ1) is 51.6. The average molecular weight is 759 g/mol. The molecule has 0 amide bonds. The highest BCUT2D eigenvalue weighted by Crippen LogP contribution is 2.13. The highest BCUT2D eigenvalue weighted by atomic mass is 16.6. The molecule has 1 unspecified atom stereocenters. The summed E-state index contributed by atoms with van der Waals surface area (Å²) in [7, 11) is 0. The van der Waals surface area contributed by atoms with Gasteiger partial charge in [0.1, 0.15) is 13.2 Å². The monoisotopic (exact) mass is 759 g/mol. The third-order valence-electron chi connectivity index (χ3n) is 9.87. The van der Waals surface area contributed by atoms with Crippen LogP contribution in [0.25, 0.3) is 0 Å². The summed E-state index contributed by atoms with van der Waals surface area (Å²) >= 11 is 0. The summed E-state index contributed by atoms with van der Waals surface area (Å²) in [6.45, 7) is 6.52. The van der Waals surface area contributed by atoms with E-state index in [2.05, 4.69) is 57.2 Å². The highest BCUT2D eigenvalue weighted by molar-refractivity contribution is 5.71. The van der Waals surface area contributed by atoms with Gasteiger partial charge in [-0.15, -0.1) is 0 Å². The van der Waals surface area contributed by atoms with Crippen molar-refractivity contribution in [3.63, 3.8) is 0 Å². The van der Waals surface area contributed by atoms with Crippen molar-refractivity contribution in [3.8, 4) is 0 Å². The molecule has 0 fully saturated rings. The molecule has 54 heavy (non-hydrogen) atoms. The molecule has 0 aliphatic rings. The number of esters is 3. The second-order valence-electron chi connectivity index (χ2n) is 15.3. The summed E-state index contributed by atoms with van der Waals surface area (Å²) in [6, 6.07) is 0. The molecule has 0 spiro atoms. The van der Waals surface area contributed by atoms with Crippen LogP contribution in [0.5, 0.6) is 0 Å². The number of carbonyl (C=O) groups excluding carboxylic acids is 3. The molecule has 0 aliphatic carbocycles. The predicted octanol–water partition coefficient (Wildman–Crippen LogP) is 14.6. The number of allylic oxidation sites excluding steroid dienone is 6. The van der Waals surface area contributed by atoms with E-state index < -0.39 is 6.10 Å². The normalized spacial score (nSPS) is 12.3. The van der Waals surface area contributed by atoms with E-state index >= 15 is 0 Å². The van der Waals surface area contributed by atoms with Crippen molar-refractivity contribution >= 4 is 17.9 Å². The predicted molar refractivity (Wildman–Crippen MR) is 229 cm³/mol. The molecular weight excluding hydrogens is 673 g/mol. The van der Waals surface area contributed by atoms with E-state index in [4.69, 9.17) is 14.2 Å². The third kappa shape index (κ3) is 40.8. The molecule has 0 bridgehead atoms. The van der Waals surface area contributed by atoms with E-state index in [0.717, 1.165) is 83.5 Å². The topological polar surface area (TPSA) is 78.9 Å². The van der Waals surface area contributed by atoms with Gasteiger partial charge in [-0.05, 0) is 77.0 Å². The Morgan fingerprint density at radius 2 is 0.667 bits per heavy atom. The van der Waals surface area contributed by atoms with Crippen LogP contribution in [0.3, 0.4) is 0 Å². The van der Waals surface area contributed by atoms with Gasteiger partial charge in [0.05, 0.1) is 0 Å². The van der Waals surface area contributed by atoms with E-state index in [9.17, 15) is 14.4 Å². The first-order valence-electron chi connectivity index (χ1n) is 23.0. The van der Waals surface area contributed by atoms with E-state index in [-0.39, 0.29) is 31.1 Å². The molecule has 314 valence electrons. The fourth-order valence-corrected chi connectivity index (χ4v) is 6.35. The van der Waals surface area contributed by atoms with Crippen molar-refractivity contribution in [2.24, 2.45) is 0 Å². The van der Waals surface area contributed by atoms with Crippen molar-refractivity contribution in [1.82, 2.24) is 0 Å².